The van der Waals surface area contributed by atoms with E-state index >= 15 is 0 Å². The summed E-state index contributed by atoms with van der Waals surface area (Å²) in [5.41, 5.74) is 4.91. The number of ether oxygens (including phenoxy) is 2. The number of aryl methyl sites for hydroxylation is 2. The molecule has 38 heavy (non-hydrogen) atoms. The molecule has 0 heterocycles. The second kappa shape index (κ2) is 13.1. The van der Waals surface area contributed by atoms with E-state index in [4.69, 9.17) is 21.1 Å². The van der Waals surface area contributed by atoms with Gasteiger partial charge in [0.1, 0.15) is 13.2 Å². The van der Waals surface area contributed by atoms with Gasteiger partial charge in [0, 0.05) is 5.02 Å². The van der Waals surface area contributed by atoms with Gasteiger partial charge in [-0.3, -0.25) is 9.10 Å². The zero-order valence-electron chi connectivity index (χ0n) is 21.5. The number of nitrogens with zero attached hydrogens (tertiary/aromatic N) is 2. The van der Waals surface area contributed by atoms with Gasteiger partial charge in [-0.05, 0) is 74.4 Å². The average Bonchev–Trinajstić information content (AvgIpc) is 2.89. The lowest BCUT2D eigenvalue weighted by Crippen LogP contribution is -2.40. The number of rotatable bonds is 12. The lowest BCUT2D eigenvalue weighted by Gasteiger charge is -2.25. The molecule has 0 spiro atoms. The van der Waals surface area contributed by atoms with E-state index in [0.717, 1.165) is 9.87 Å². The predicted octanol–water partition coefficient (Wildman–Crippen LogP) is 5.27. The molecule has 0 saturated carbocycles. The highest BCUT2D eigenvalue weighted by molar-refractivity contribution is 7.92. The molecule has 0 aliphatic heterocycles. The molecule has 1 N–H and O–H groups in total. The third-order valence-electron chi connectivity index (χ3n) is 5.36. The molecule has 200 valence electrons. The number of anilines is 1. The van der Waals surface area contributed by atoms with Crippen LogP contribution < -0.4 is 19.2 Å². The van der Waals surface area contributed by atoms with Gasteiger partial charge in [0.15, 0.2) is 11.5 Å². The Morgan fingerprint density at radius 1 is 1.05 bits per heavy atom. The van der Waals surface area contributed by atoms with Crippen molar-refractivity contribution in [2.45, 2.75) is 25.7 Å². The maximum absolute atomic E-state index is 13.6. The molecular weight excluding hydrogens is 526 g/mol. The zero-order valence-corrected chi connectivity index (χ0v) is 23.1. The summed E-state index contributed by atoms with van der Waals surface area (Å²) in [6.45, 7) is 9.37. The number of carbonyl (C=O) groups is 1. The fourth-order valence-electron chi connectivity index (χ4n) is 3.47. The van der Waals surface area contributed by atoms with E-state index in [1.54, 1.807) is 55.5 Å². The molecular formula is C28H30ClN3O5S. The van der Waals surface area contributed by atoms with Crippen molar-refractivity contribution in [3.8, 4) is 11.5 Å². The second-order valence-electron chi connectivity index (χ2n) is 8.29. The Kier molecular flexibility index (Phi) is 9.92. The van der Waals surface area contributed by atoms with Gasteiger partial charge in [-0.2, -0.15) is 5.10 Å². The van der Waals surface area contributed by atoms with Gasteiger partial charge in [-0.25, -0.2) is 13.8 Å². The van der Waals surface area contributed by atoms with E-state index in [1.165, 1.54) is 24.4 Å². The van der Waals surface area contributed by atoms with Crippen LogP contribution in [-0.2, 0) is 14.8 Å². The molecule has 3 aromatic rings. The molecule has 0 saturated heterocycles. The molecule has 8 nitrogen and oxygen atoms in total. The molecule has 3 rings (SSSR count). The Bertz CT molecular complexity index is 1420. The van der Waals surface area contributed by atoms with E-state index in [-0.39, 0.29) is 4.90 Å². The first kappa shape index (κ1) is 28.7. The molecule has 0 aliphatic carbocycles. The van der Waals surface area contributed by atoms with Crippen LogP contribution in [0.25, 0.3) is 0 Å². The number of amides is 1. The minimum Gasteiger partial charge on any atom is -0.490 e. The van der Waals surface area contributed by atoms with Crippen molar-refractivity contribution >= 4 is 39.4 Å². The molecule has 0 aromatic heterocycles. The lowest BCUT2D eigenvalue weighted by molar-refractivity contribution is -0.119. The summed E-state index contributed by atoms with van der Waals surface area (Å²) in [5, 5.41) is 4.35. The van der Waals surface area contributed by atoms with Crippen molar-refractivity contribution in [1.82, 2.24) is 5.43 Å². The number of nitrogens with one attached hydrogen (secondary N) is 1. The largest absolute Gasteiger partial charge is 0.490 e. The first-order chi connectivity index (χ1) is 18.1. The number of halogens is 1. The van der Waals surface area contributed by atoms with Crippen molar-refractivity contribution in [2.75, 3.05) is 24.1 Å². The van der Waals surface area contributed by atoms with Crippen LogP contribution in [0.1, 0.15) is 23.6 Å². The highest BCUT2D eigenvalue weighted by atomic mass is 35.5. The smallest absolute Gasteiger partial charge is 0.264 e. The van der Waals surface area contributed by atoms with Crippen LogP contribution >= 0.6 is 11.6 Å². The van der Waals surface area contributed by atoms with Crippen LogP contribution in [0.15, 0.2) is 83.3 Å². The summed E-state index contributed by atoms with van der Waals surface area (Å²) in [6.07, 6.45) is 3.06. The fraction of sp³-hybridized carbons (Fsp3) is 0.214. The Balaban J connectivity index is 1.83. The van der Waals surface area contributed by atoms with Gasteiger partial charge in [-0.15, -0.1) is 0 Å². The molecule has 0 unspecified atom stereocenters. The van der Waals surface area contributed by atoms with Crippen molar-refractivity contribution in [2.24, 2.45) is 5.10 Å². The predicted molar refractivity (Wildman–Crippen MR) is 151 cm³/mol. The number of hydrogen-bond acceptors (Lipinski definition) is 6. The zero-order chi connectivity index (χ0) is 27.7. The molecule has 0 aliphatic rings. The SMILES string of the molecule is C=CCOc1ccc(/C=N\NC(=O)CN(c2cc(Cl)ccc2C)S(=O)(=O)c2ccc(C)cc2)cc1OCC. The van der Waals surface area contributed by atoms with E-state index in [1.807, 2.05) is 13.8 Å². The van der Waals surface area contributed by atoms with Crippen molar-refractivity contribution in [3.63, 3.8) is 0 Å². The van der Waals surface area contributed by atoms with E-state index < -0.39 is 22.5 Å². The van der Waals surface area contributed by atoms with Gasteiger partial charge >= 0.3 is 0 Å². The molecule has 1 amide bonds. The Hall–Kier alpha value is -3.82. The Labute approximate surface area is 228 Å². The average molecular weight is 556 g/mol. The van der Waals surface area contributed by atoms with Crippen LogP contribution in [0.3, 0.4) is 0 Å². The summed E-state index contributed by atoms with van der Waals surface area (Å²) in [7, 11) is -4.08. The minimum atomic E-state index is -4.08. The van der Waals surface area contributed by atoms with Crippen LogP contribution in [-0.4, -0.2) is 40.3 Å². The maximum atomic E-state index is 13.6. The number of hydrogen-bond donors (Lipinski definition) is 1. The summed E-state index contributed by atoms with van der Waals surface area (Å²) in [5.74, 6) is 0.450. The number of carbonyl (C=O) groups excluding carboxylic acids is 1. The van der Waals surface area contributed by atoms with E-state index in [0.29, 0.717) is 46.5 Å². The number of benzene rings is 3. The summed E-state index contributed by atoms with van der Waals surface area (Å²) in [4.78, 5) is 12.9. The van der Waals surface area contributed by atoms with Gasteiger partial charge in [0.25, 0.3) is 15.9 Å². The van der Waals surface area contributed by atoms with Crippen LogP contribution in [0.5, 0.6) is 11.5 Å². The summed E-state index contributed by atoms with van der Waals surface area (Å²) in [6, 6.07) is 16.5. The topological polar surface area (TPSA) is 97.3 Å². The van der Waals surface area contributed by atoms with Crippen molar-refractivity contribution < 1.29 is 22.7 Å². The Morgan fingerprint density at radius 2 is 1.79 bits per heavy atom. The number of hydrazone groups is 1. The third-order valence-corrected chi connectivity index (χ3v) is 7.37. The fourth-order valence-corrected chi connectivity index (χ4v) is 5.12. The third kappa shape index (κ3) is 7.36. The second-order valence-corrected chi connectivity index (χ2v) is 10.6. The summed E-state index contributed by atoms with van der Waals surface area (Å²) >= 11 is 6.17. The van der Waals surface area contributed by atoms with Gasteiger partial charge in [-0.1, -0.05) is 48.0 Å². The molecule has 3 aromatic carbocycles. The molecule has 0 bridgehead atoms. The first-order valence-electron chi connectivity index (χ1n) is 11.8. The monoisotopic (exact) mass is 555 g/mol. The molecule has 10 heteroatoms. The molecule has 0 radical (unpaired) electrons. The maximum Gasteiger partial charge on any atom is 0.264 e. The van der Waals surface area contributed by atoms with Crippen molar-refractivity contribution in [1.29, 1.82) is 0 Å². The van der Waals surface area contributed by atoms with Crippen molar-refractivity contribution in [3.05, 3.63) is 95.0 Å². The van der Waals surface area contributed by atoms with E-state index in [2.05, 4.69) is 17.1 Å². The van der Waals surface area contributed by atoms with Gasteiger partial charge in [0.05, 0.1) is 23.4 Å². The van der Waals surface area contributed by atoms with Crippen LogP contribution in [0, 0.1) is 13.8 Å². The standard InChI is InChI=1S/C28H30ClN3O5S/c1-5-15-37-26-14-10-22(16-27(26)36-6-2)18-30-31-28(33)19-32(25-17-23(29)11-9-21(25)4)38(34,35)24-12-7-20(3)8-13-24/h5,7-14,16-18H,1,6,15,19H2,2-4H3,(H,31,33)/b30-18-. The van der Waals surface area contributed by atoms with Crippen LogP contribution in [0.4, 0.5) is 5.69 Å². The van der Waals surface area contributed by atoms with Gasteiger partial charge < -0.3 is 9.47 Å². The Morgan fingerprint density at radius 3 is 2.47 bits per heavy atom. The molecule has 0 fully saturated rings. The first-order valence-corrected chi connectivity index (χ1v) is 13.7. The normalized spacial score (nSPS) is 11.3. The van der Waals surface area contributed by atoms with E-state index in [9.17, 15) is 13.2 Å². The number of sulfonamides is 1. The van der Waals surface area contributed by atoms with Gasteiger partial charge in [0.2, 0.25) is 0 Å². The highest BCUT2D eigenvalue weighted by Crippen LogP contribution is 2.30. The van der Waals surface area contributed by atoms with Crippen LogP contribution in [0.2, 0.25) is 5.02 Å². The molecule has 0 atom stereocenters. The quantitative estimate of drug-likeness (QED) is 0.187. The minimum absolute atomic E-state index is 0.0565. The summed E-state index contributed by atoms with van der Waals surface area (Å²) < 4.78 is 39.4. The lowest BCUT2D eigenvalue weighted by atomic mass is 10.2. The highest BCUT2D eigenvalue weighted by Gasteiger charge is 2.28.